The average molecular weight is 354 g/mol. The van der Waals surface area contributed by atoms with E-state index < -0.39 is 24.2 Å². The van der Waals surface area contributed by atoms with Gasteiger partial charge in [0.05, 0.1) is 17.0 Å². The van der Waals surface area contributed by atoms with E-state index in [0.29, 0.717) is 5.56 Å². The third-order valence-electron chi connectivity index (χ3n) is 3.75. The Balaban J connectivity index is 2.03. The summed E-state index contributed by atoms with van der Waals surface area (Å²) in [6, 6.07) is 9.63. The van der Waals surface area contributed by atoms with Gasteiger partial charge in [0.25, 0.3) is 11.6 Å². The van der Waals surface area contributed by atoms with Crippen LogP contribution in [-0.4, -0.2) is 33.6 Å². The van der Waals surface area contributed by atoms with Crippen molar-refractivity contribution in [3.8, 4) is 0 Å². The number of carbonyl (C=O) groups is 1. The lowest BCUT2D eigenvalue weighted by Gasteiger charge is -2.32. The number of hydrazone groups is 1. The SMILES string of the molecule is Cc1ccc(C2=NN(C(=O)c3cccs3)C(O)(C(F)(F)F)C2)cc1. The van der Waals surface area contributed by atoms with E-state index in [1.165, 1.54) is 6.07 Å². The molecule has 0 fully saturated rings. The summed E-state index contributed by atoms with van der Waals surface area (Å²) in [6.07, 6.45) is -5.84. The molecule has 1 aliphatic rings. The monoisotopic (exact) mass is 354 g/mol. The Morgan fingerprint density at radius 2 is 1.96 bits per heavy atom. The number of alkyl halides is 3. The number of aryl methyl sites for hydroxylation is 1. The highest BCUT2D eigenvalue weighted by atomic mass is 32.1. The van der Waals surface area contributed by atoms with Gasteiger partial charge in [-0.2, -0.15) is 23.3 Å². The van der Waals surface area contributed by atoms with Crippen molar-refractivity contribution in [1.29, 1.82) is 0 Å². The molecule has 3 rings (SSSR count). The molecule has 4 nitrogen and oxygen atoms in total. The zero-order chi connectivity index (χ0) is 17.5. The number of benzene rings is 1. The van der Waals surface area contributed by atoms with E-state index in [1.807, 2.05) is 6.92 Å². The number of rotatable bonds is 2. The van der Waals surface area contributed by atoms with Crippen LogP contribution in [0.2, 0.25) is 0 Å². The third-order valence-corrected chi connectivity index (χ3v) is 4.61. The summed E-state index contributed by atoms with van der Waals surface area (Å²) in [4.78, 5) is 12.4. The molecule has 0 aliphatic carbocycles. The number of aliphatic hydroxyl groups is 1. The molecule has 1 N–H and O–H groups in total. The van der Waals surface area contributed by atoms with E-state index in [1.54, 1.807) is 35.7 Å². The van der Waals surface area contributed by atoms with Crippen LogP contribution in [0.4, 0.5) is 13.2 Å². The maximum Gasteiger partial charge on any atom is 0.438 e. The van der Waals surface area contributed by atoms with Crippen molar-refractivity contribution < 1.29 is 23.1 Å². The molecule has 1 amide bonds. The highest BCUT2D eigenvalue weighted by Gasteiger charge is 2.63. The summed E-state index contributed by atoms with van der Waals surface area (Å²) < 4.78 is 40.3. The lowest BCUT2D eigenvalue weighted by molar-refractivity contribution is -0.297. The predicted molar refractivity (Wildman–Crippen MR) is 83.8 cm³/mol. The van der Waals surface area contributed by atoms with E-state index in [0.717, 1.165) is 16.9 Å². The second kappa shape index (κ2) is 5.71. The normalized spacial score (nSPS) is 21.0. The van der Waals surface area contributed by atoms with Gasteiger partial charge in [0.1, 0.15) is 0 Å². The summed E-state index contributed by atoms with van der Waals surface area (Å²) in [5.41, 5.74) is -1.96. The Morgan fingerprint density at radius 3 is 2.50 bits per heavy atom. The minimum Gasteiger partial charge on any atom is -0.362 e. The van der Waals surface area contributed by atoms with Gasteiger partial charge in [-0.3, -0.25) is 4.79 Å². The third kappa shape index (κ3) is 2.71. The molecule has 0 saturated carbocycles. The first-order valence-corrected chi connectivity index (χ1v) is 7.92. The zero-order valence-electron chi connectivity index (χ0n) is 12.5. The topological polar surface area (TPSA) is 52.9 Å². The van der Waals surface area contributed by atoms with E-state index >= 15 is 0 Å². The van der Waals surface area contributed by atoms with Crippen LogP contribution >= 0.6 is 11.3 Å². The van der Waals surface area contributed by atoms with Gasteiger partial charge in [-0.1, -0.05) is 35.9 Å². The van der Waals surface area contributed by atoms with E-state index in [4.69, 9.17) is 0 Å². The predicted octanol–water partition coefficient (Wildman–Crippen LogP) is 3.56. The summed E-state index contributed by atoms with van der Waals surface area (Å²) in [5.74, 6) is -0.980. The van der Waals surface area contributed by atoms with Crippen molar-refractivity contribution in [2.24, 2.45) is 5.10 Å². The van der Waals surface area contributed by atoms with Crippen molar-refractivity contribution in [1.82, 2.24) is 5.01 Å². The second-order valence-corrected chi connectivity index (χ2v) is 6.45. The maximum atomic E-state index is 13.4. The molecule has 2 heterocycles. The minimum atomic E-state index is -5.03. The molecule has 1 atom stereocenters. The van der Waals surface area contributed by atoms with Crippen LogP contribution < -0.4 is 0 Å². The zero-order valence-corrected chi connectivity index (χ0v) is 13.4. The lowest BCUT2D eigenvalue weighted by Crippen LogP contribution is -2.56. The lowest BCUT2D eigenvalue weighted by atomic mass is 10.00. The molecule has 1 aliphatic heterocycles. The Bertz CT molecular complexity index is 785. The summed E-state index contributed by atoms with van der Waals surface area (Å²) in [7, 11) is 0. The number of nitrogens with zero attached hydrogens (tertiary/aromatic N) is 2. The first-order chi connectivity index (χ1) is 11.2. The molecular formula is C16H13F3N2O2S. The maximum absolute atomic E-state index is 13.4. The number of amides is 1. The molecule has 0 radical (unpaired) electrons. The van der Waals surface area contributed by atoms with Crippen LogP contribution in [0.15, 0.2) is 46.9 Å². The fourth-order valence-electron chi connectivity index (χ4n) is 2.39. The van der Waals surface area contributed by atoms with E-state index in [9.17, 15) is 23.1 Å². The summed E-state index contributed by atoms with van der Waals surface area (Å²) in [5, 5.41) is 15.7. The van der Waals surface area contributed by atoms with Crippen LogP contribution in [0.25, 0.3) is 0 Å². The molecule has 0 spiro atoms. The molecule has 8 heteroatoms. The fourth-order valence-corrected chi connectivity index (χ4v) is 3.04. The molecule has 0 saturated heterocycles. The Kier molecular flexibility index (Phi) is 3.97. The molecule has 1 unspecified atom stereocenters. The van der Waals surface area contributed by atoms with Gasteiger partial charge in [-0.15, -0.1) is 11.3 Å². The smallest absolute Gasteiger partial charge is 0.362 e. The fraction of sp³-hybridized carbons (Fsp3) is 0.250. The Morgan fingerprint density at radius 1 is 1.29 bits per heavy atom. The van der Waals surface area contributed by atoms with E-state index in [-0.39, 0.29) is 15.6 Å². The number of halogens is 3. The first-order valence-electron chi connectivity index (χ1n) is 7.04. The molecule has 2 aromatic rings. The summed E-state index contributed by atoms with van der Waals surface area (Å²) in [6.45, 7) is 1.85. The number of hydrogen-bond acceptors (Lipinski definition) is 4. The molecule has 1 aromatic carbocycles. The Hall–Kier alpha value is -2.19. The van der Waals surface area contributed by atoms with Crippen LogP contribution in [-0.2, 0) is 0 Å². The van der Waals surface area contributed by atoms with E-state index in [2.05, 4.69) is 5.10 Å². The standard InChI is InChI=1S/C16H13F3N2O2S/c1-10-4-6-11(7-5-10)12-9-15(23,16(17,18)19)21(20-12)14(22)13-3-2-8-24-13/h2-8,23H,9H2,1H3. The van der Waals surface area contributed by atoms with Crippen molar-refractivity contribution >= 4 is 23.0 Å². The van der Waals surface area contributed by atoms with Gasteiger partial charge >= 0.3 is 6.18 Å². The molecule has 24 heavy (non-hydrogen) atoms. The average Bonchev–Trinajstić information content (AvgIpc) is 3.15. The van der Waals surface area contributed by atoms with Crippen molar-refractivity contribution in [3.05, 3.63) is 57.8 Å². The minimum absolute atomic E-state index is 0.0136. The van der Waals surface area contributed by atoms with Gasteiger partial charge in [0.2, 0.25) is 0 Å². The van der Waals surface area contributed by atoms with Crippen molar-refractivity contribution in [2.45, 2.75) is 25.2 Å². The van der Waals surface area contributed by atoms with Crippen LogP contribution in [0.3, 0.4) is 0 Å². The van der Waals surface area contributed by atoms with Gasteiger partial charge in [0.15, 0.2) is 0 Å². The Labute approximate surface area is 139 Å². The number of carbonyl (C=O) groups excluding carboxylic acids is 1. The number of thiophene rings is 1. The second-order valence-electron chi connectivity index (χ2n) is 5.50. The highest BCUT2D eigenvalue weighted by Crippen LogP contribution is 2.42. The molecular weight excluding hydrogens is 341 g/mol. The highest BCUT2D eigenvalue weighted by molar-refractivity contribution is 7.12. The van der Waals surface area contributed by atoms with Crippen LogP contribution in [0.1, 0.15) is 27.2 Å². The molecule has 126 valence electrons. The van der Waals surface area contributed by atoms with Crippen molar-refractivity contribution in [3.63, 3.8) is 0 Å². The molecule has 0 bridgehead atoms. The van der Waals surface area contributed by atoms with Gasteiger partial charge in [-0.25, -0.2) is 0 Å². The first kappa shape index (κ1) is 16.7. The van der Waals surface area contributed by atoms with Gasteiger partial charge < -0.3 is 5.11 Å². The number of hydrogen-bond donors (Lipinski definition) is 1. The van der Waals surface area contributed by atoms with Crippen LogP contribution in [0.5, 0.6) is 0 Å². The quantitative estimate of drug-likeness (QED) is 0.897. The largest absolute Gasteiger partial charge is 0.438 e. The van der Waals surface area contributed by atoms with Crippen LogP contribution in [0, 0.1) is 6.92 Å². The summed E-state index contributed by atoms with van der Waals surface area (Å²) >= 11 is 0.989. The molecule has 1 aromatic heterocycles. The van der Waals surface area contributed by atoms with Crippen molar-refractivity contribution in [2.75, 3.05) is 0 Å². The van der Waals surface area contributed by atoms with Gasteiger partial charge in [0, 0.05) is 0 Å². The van der Waals surface area contributed by atoms with Gasteiger partial charge in [-0.05, 0) is 23.9 Å².